The molecule has 0 aliphatic rings. The molecule has 0 unspecified atom stereocenters. The van der Waals surface area contributed by atoms with Crippen LogP contribution in [-0.2, 0) is 6.54 Å². The molecular formula is C17H14N6OS. The van der Waals surface area contributed by atoms with Gasteiger partial charge in [0.05, 0.1) is 24.5 Å². The van der Waals surface area contributed by atoms with Crippen molar-refractivity contribution < 1.29 is 4.79 Å². The van der Waals surface area contributed by atoms with Crippen LogP contribution >= 0.6 is 11.7 Å². The molecule has 0 aliphatic carbocycles. The van der Waals surface area contributed by atoms with Crippen molar-refractivity contribution in [3.63, 3.8) is 0 Å². The lowest BCUT2D eigenvalue weighted by Gasteiger charge is -2.05. The Morgan fingerprint density at radius 2 is 2.04 bits per heavy atom. The van der Waals surface area contributed by atoms with Gasteiger partial charge in [0.15, 0.2) is 0 Å². The van der Waals surface area contributed by atoms with E-state index in [1.807, 2.05) is 18.3 Å². The fraction of sp³-hybridized carbons (Fsp3) is 0.118. The summed E-state index contributed by atoms with van der Waals surface area (Å²) in [6, 6.07) is 9.19. The van der Waals surface area contributed by atoms with Gasteiger partial charge >= 0.3 is 0 Å². The largest absolute Gasteiger partial charge is 0.350 e. The van der Waals surface area contributed by atoms with Gasteiger partial charge in [0.25, 0.3) is 5.91 Å². The second-order valence-corrected chi connectivity index (χ2v) is 5.99. The predicted molar refractivity (Wildman–Crippen MR) is 95.2 cm³/mol. The van der Waals surface area contributed by atoms with Gasteiger partial charge in [-0.25, -0.2) is 0 Å². The van der Waals surface area contributed by atoms with E-state index in [1.54, 1.807) is 41.5 Å². The minimum atomic E-state index is -0.130. The summed E-state index contributed by atoms with van der Waals surface area (Å²) in [5.41, 5.74) is 4.15. The van der Waals surface area contributed by atoms with Crippen molar-refractivity contribution in [2.45, 2.75) is 6.54 Å². The Labute approximate surface area is 147 Å². The van der Waals surface area contributed by atoms with E-state index >= 15 is 0 Å². The van der Waals surface area contributed by atoms with Gasteiger partial charge in [-0.05, 0) is 24.3 Å². The zero-order valence-corrected chi connectivity index (χ0v) is 14.0. The standard InChI is InChI=1S/C17H14N6OS/c24-17(12-3-4-15-16(8-12)22-25-21-15)19-6-7-23-11-14(10-20-23)13-2-1-5-18-9-13/h1-5,8-11H,6-7H2,(H,19,24). The number of benzene rings is 1. The minimum absolute atomic E-state index is 0.130. The van der Waals surface area contributed by atoms with Crippen LogP contribution in [0.2, 0.25) is 0 Å². The van der Waals surface area contributed by atoms with E-state index in [9.17, 15) is 4.79 Å². The summed E-state index contributed by atoms with van der Waals surface area (Å²) in [7, 11) is 0. The van der Waals surface area contributed by atoms with Crippen molar-refractivity contribution in [3.8, 4) is 11.1 Å². The fourth-order valence-electron chi connectivity index (χ4n) is 2.48. The quantitative estimate of drug-likeness (QED) is 0.597. The number of carbonyl (C=O) groups excluding carboxylic acids is 1. The van der Waals surface area contributed by atoms with Gasteiger partial charge < -0.3 is 5.32 Å². The molecule has 4 aromatic rings. The van der Waals surface area contributed by atoms with Crippen LogP contribution in [0.25, 0.3) is 22.2 Å². The van der Waals surface area contributed by atoms with Crippen LogP contribution in [0.15, 0.2) is 55.1 Å². The van der Waals surface area contributed by atoms with Gasteiger partial charge in [-0.15, -0.1) is 0 Å². The molecule has 7 nitrogen and oxygen atoms in total. The number of pyridine rings is 1. The van der Waals surface area contributed by atoms with Gasteiger partial charge in [0, 0.05) is 41.8 Å². The van der Waals surface area contributed by atoms with E-state index in [2.05, 4.69) is 24.1 Å². The van der Waals surface area contributed by atoms with Crippen LogP contribution < -0.4 is 5.32 Å². The first-order valence-corrected chi connectivity index (χ1v) is 8.46. The lowest BCUT2D eigenvalue weighted by Crippen LogP contribution is -2.27. The second kappa shape index (κ2) is 6.78. The van der Waals surface area contributed by atoms with Crippen molar-refractivity contribution in [2.24, 2.45) is 0 Å². The number of amides is 1. The molecule has 25 heavy (non-hydrogen) atoms. The second-order valence-electron chi connectivity index (χ2n) is 5.46. The predicted octanol–water partition coefficient (Wildman–Crippen LogP) is 2.38. The summed E-state index contributed by atoms with van der Waals surface area (Å²) in [5, 5.41) is 7.21. The molecular weight excluding hydrogens is 336 g/mol. The van der Waals surface area contributed by atoms with Crippen LogP contribution in [0.5, 0.6) is 0 Å². The van der Waals surface area contributed by atoms with Crippen molar-refractivity contribution in [1.82, 2.24) is 28.8 Å². The Kier molecular flexibility index (Phi) is 4.17. The van der Waals surface area contributed by atoms with E-state index in [1.165, 1.54) is 0 Å². The third-order valence-corrected chi connectivity index (χ3v) is 4.33. The highest BCUT2D eigenvalue weighted by atomic mass is 32.1. The first kappa shape index (κ1) is 15.4. The van der Waals surface area contributed by atoms with Gasteiger partial charge in [-0.3, -0.25) is 14.5 Å². The van der Waals surface area contributed by atoms with Crippen molar-refractivity contribution in [3.05, 3.63) is 60.7 Å². The molecule has 0 radical (unpaired) electrons. The van der Waals surface area contributed by atoms with Gasteiger partial charge in [0.2, 0.25) is 0 Å². The number of hydrogen-bond donors (Lipinski definition) is 1. The Balaban J connectivity index is 1.36. The molecule has 0 aliphatic heterocycles. The molecule has 1 N–H and O–H groups in total. The smallest absolute Gasteiger partial charge is 0.251 e. The maximum Gasteiger partial charge on any atom is 0.251 e. The van der Waals surface area contributed by atoms with Gasteiger partial charge in [0.1, 0.15) is 11.0 Å². The van der Waals surface area contributed by atoms with Crippen molar-refractivity contribution >= 4 is 28.7 Å². The SMILES string of the molecule is O=C(NCCn1cc(-c2cccnc2)cn1)c1ccc2nsnc2c1. The number of carbonyl (C=O) groups is 1. The highest BCUT2D eigenvalue weighted by molar-refractivity contribution is 7.00. The van der Waals surface area contributed by atoms with Crippen LogP contribution in [-0.4, -0.2) is 36.0 Å². The molecule has 0 saturated heterocycles. The van der Waals surface area contributed by atoms with Gasteiger partial charge in [-0.2, -0.15) is 13.8 Å². The molecule has 1 aromatic carbocycles. The summed E-state index contributed by atoms with van der Waals surface area (Å²) in [6.07, 6.45) is 7.27. The lowest BCUT2D eigenvalue weighted by molar-refractivity contribution is 0.0952. The van der Waals surface area contributed by atoms with Crippen LogP contribution in [0.1, 0.15) is 10.4 Å². The summed E-state index contributed by atoms with van der Waals surface area (Å²) in [5.74, 6) is -0.130. The third-order valence-electron chi connectivity index (χ3n) is 3.77. The fourth-order valence-corrected chi connectivity index (χ4v) is 3.00. The molecule has 0 saturated carbocycles. The van der Waals surface area contributed by atoms with E-state index in [-0.39, 0.29) is 5.91 Å². The Morgan fingerprint density at radius 3 is 2.92 bits per heavy atom. The molecule has 0 bridgehead atoms. The summed E-state index contributed by atoms with van der Waals surface area (Å²) < 4.78 is 10.1. The van der Waals surface area contributed by atoms with Gasteiger partial charge in [-0.1, -0.05) is 6.07 Å². The molecule has 8 heteroatoms. The summed E-state index contributed by atoms with van der Waals surface area (Å²) >= 11 is 1.14. The molecule has 0 atom stereocenters. The first-order chi connectivity index (χ1) is 12.3. The third kappa shape index (κ3) is 3.38. The minimum Gasteiger partial charge on any atom is -0.350 e. The molecule has 0 fully saturated rings. The number of rotatable bonds is 5. The molecule has 0 spiro atoms. The van der Waals surface area contributed by atoms with E-state index in [0.717, 1.165) is 33.9 Å². The normalized spacial score (nSPS) is 10.9. The van der Waals surface area contributed by atoms with Crippen molar-refractivity contribution in [1.29, 1.82) is 0 Å². The Morgan fingerprint density at radius 1 is 1.12 bits per heavy atom. The lowest BCUT2D eigenvalue weighted by atomic mass is 10.2. The van der Waals surface area contributed by atoms with Crippen LogP contribution in [0.3, 0.4) is 0 Å². The highest BCUT2D eigenvalue weighted by Gasteiger charge is 2.08. The monoisotopic (exact) mass is 350 g/mol. The summed E-state index contributed by atoms with van der Waals surface area (Å²) in [6.45, 7) is 1.08. The number of nitrogens with zero attached hydrogens (tertiary/aromatic N) is 5. The Hall–Kier alpha value is -3.13. The topological polar surface area (TPSA) is 85.6 Å². The zero-order chi connectivity index (χ0) is 17.1. The van der Waals surface area contributed by atoms with Crippen LogP contribution in [0.4, 0.5) is 0 Å². The van der Waals surface area contributed by atoms with Crippen LogP contribution in [0, 0.1) is 0 Å². The van der Waals surface area contributed by atoms with E-state index in [0.29, 0.717) is 18.7 Å². The number of aromatic nitrogens is 5. The molecule has 124 valence electrons. The Bertz CT molecular complexity index is 1010. The first-order valence-electron chi connectivity index (χ1n) is 7.73. The number of hydrogen-bond acceptors (Lipinski definition) is 6. The maximum absolute atomic E-state index is 12.2. The molecule has 3 heterocycles. The summed E-state index contributed by atoms with van der Waals surface area (Å²) in [4.78, 5) is 16.3. The van der Waals surface area contributed by atoms with E-state index < -0.39 is 0 Å². The molecule has 3 aromatic heterocycles. The average molecular weight is 350 g/mol. The molecule has 1 amide bonds. The zero-order valence-electron chi connectivity index (χ0n) is 13.2. The molecule has 4 rings (SSSR count). The number of fused-ring (bicyclic) bond motifs is 1. The van der Waals surface area contributed by atoms with Crippen molar-refractivity contribution in [2.75, 3.05) is 6.54 Å². The average Bonchev–Trinajstić information content (AvgIpc) is 3.31. The van der Waals surface area contributed by atoms with E-state index in [4.69, 9.17) is 0 Å². The number of nitrogens with one attached hydrogen (secondary N) is 1. The highest BCUT2D eigenvalue weighted by Crippen LogP contribution is 2.16. The maximum atomic E-state index is 12.2.